The van der Waals surface area contributed by atoms with Crippen molar-refractivity contribution in [1.82, 2.24) is 14.7 Å². The van der Waals surface area contributed by atoms with Crippen LogP contribution in [0.2, 0.25) is 0 Å². The molecule has 0 radical (unpaired) electrons. The Balaban J connectivity index is 2.00. The van der Waals surface area contributed by atoms with E-state index in [2.05, 4.69) is 17.3 Å². The van der Waals surface area contributed by atoms with Crippen LogP contribution in [-0.4, -0.2) is 39.6 Å². The van der Waals surface area contributed by atoms with Gasteiger partial charge in [0.1, 0.15) is 11.6 Å². The number of anilines is 1. The molecule has 7 heteroatoms. The predicted octanol–water partition coefficient (Wildman–Crippen LogP) is 6.24. The van der Waals surface area contributed by atoms with Crippen molar-refractivity contribution in [2.75, 3.05) is 18.4 Å². The van der Waals surface area contributed by atoms with Gasteiger partial charge in [-0.05, 0) is 37.6 Å². The highest BCUT2D eigenvalue weighted by Gasteiger charge is 2.22. The molecule has 0 aliphatic rings. The average molecular weight is 473 g/mol. The monoisotopic (exact) mass is 472 g/mol. The number of amides is 2. The normalized spacial score (nSPS) is 11.5. The number of hydrogen-bond donors (Lipinski definition) is 1. The topological polar surface area (TPSA) is 67.2 Å². The maximum absolute atomic E-state index is 13.4. The predicted molar refractivity (Wildman–Crippen MR) is 136 cm³/mol. The van der Waals surface area contributed by atoms with Gasteiger partial charge in [-0.1, -0.05) is 66.2 Å². The minimum atomic E-state index is -0.337. The van der Waals surface area contributed by atoms with Crippen LogP contribution in [0.1, 0.15) is 91.7 Å². The van der Waals surface area contributed by atoms with Gasteiger partial charge in [-0.2, -0.15) is 5.10 Å². The summed E-state index contributed by atoms with van der Waals surface area (Å²) >= 11 is 0. The van der Waals surface area contributed by atoms with Gasteiger partial charge in [0, 0.05) is 24.4 Å². The summed E-state index contributed by atoms with van der Waals surface area (Å²) in [6.07, 6.45) is 8.52. The zero-order chi connectivity index (χ0) is 25.1. The second-order valence-electron chi connectivity index (χ2n) is 9.88. The quantitative estimate of drug-likeness (QED) is 0.351. The van der Waals surface area contributed by atoms with Gasteiger partial charge < -0.3 is 10.2 Å². The molecule has 0 saturated heterocycles. The van der Waals surface area contributed by atoms with E-state index in [0.717, 1.165) is 25.0 Å². The molecule has 6 nitrogen and oxygen atoms in total. The number of nitrogens with zero attached hydrogens (tertiary/aromatic N) is 3. The maximum Gasteiger partial charge on any atom is 0.245 e. The Kier molecular flexibility index (Phi) is 10.7. The number of aromatic nitrogens is 2. The number of halogens is 1. The number of hydrogen-bond acceptors (Lipinski definition) is 3. The van der Waals surface area contributed by atoms with E-state index in [-0.39, 0.29) is 29.6 Å². The number of nitrogens with one attached hydrogen (secondary N) is 1. The smallest absolute Gasteiger partial charge is 0.245 e. The van der Waals surface area contributed by atoms with E-state index in [1.54, 1.807) is 21.7 Å². The summed E-state index contributed by atoms with van der Waals surface area (Å²) in [5.74, 6) is -0.111. The van der Waals surface area contributed by atoms with Crippen LogP contribution < -0.4 is 5.32 Å². The first-order valence-electron chi connectivity index (χ1n) is 12.6. The summed E-state index contributed by atoms with van der Waals surface area (Å²) < 4.78 is 15.0. The Morgan fingerprint density at radius 3 is 2.21 bits per heavy atom. The maximum atomic E-state index is 13.4. The SMILES string of the molecule is CCCCCCCCCC(=O)N(CC)CC(=O)Nc1cc(C(C)(C)C)nn1-c1ccc(F)cc1. The Morgan fingerprint density at radius 1 is 1.00 bits per heavy atom. The molecule has 0 aliphatic carbocycles. The molecule has 34 heavy (non-hydrogen) atoms. The highest BCUT2D eigenvalue weighted by Crippen LogP contribution is 2.26. The van der Waals surface area contributed by atoms with Gasteiger partial charge in [0.2, 0.25) is 11.8 Å². The molecular formula is C27H41FN4O2. The molecule has 0 spiro atoms. The van der Waals surface area contributed by atoms with Crippen LogP contribution in [0.25, 0.3) is 5.69 Å². The highest BCUT2D eigenvalue weighted by molar-refractivity contribution is 5.94. The molecule has 1 aromatic carbocycles. The third kappa shape index (κ3) is 8.58. The van der Waals surface area contributed by atoms with Crippen LogP contribution in [0.15, 0.2) is 30.3 Å². The van der Waals surface area contributed by atoms with Gasteiger partial charge in [-0.3, -0.25) is 9.59 Å². The van der Waals surface area contributed by atoms with Crippen molar-refractivity contribution in [3.8, 4) is 5.69 Å². The molecule has 0 saturated carbocycles. The molecule has 0 aliphatic heterocycles. The molecule has 188 valence electrons. The number of likely N-dealkylation sites (N-methyl/N-ethyl adjacent to an activating group) is 1. The first-order valence-corrected chi connectivity index (χ1v) is 12.6. The van der Waals surface area contributed by atoms with Crippen molar-refractivity contribution < 1.29 is 14.0 Å². The lowest BCUT2D eigenvalue weighted by molar-refractivity contribution is -0.134. The van der Waals surface area contributed by atoms with Gasteiger partial charge in [0.05, 0.1) is 17.9 Å². The van der Waals surface area contributed by atoms with Crippen LogP contribution in [0, 0.1) is 5.82 Å². The lowest BCUT2D eigenvalue weighted by Crippen LogP contribution is -2.38. The van der Waals surface area contributed by atoms with Gasteiger partial charge in [0.15, 0.2) is 0 Å². The van der Waals surface area contributed by atoms with E-state index in [0.29, 0.717) is 24.5 Å². The zero-order valence-electron chi connectivity index (χ0n) is 21.5. The molecule has 1 N–H and O–H groups in total. The summed E-state index contributed by atoms with van der Waals surface area (Å²) in [4.78, 5) is 27.1. The van der Waals surface area contributed by atoms with E-state index in [4.69, 9.17) is 0 Å². The van der Waals surface area contributed by atoms with E-state index in [1.807, 2.05) is 33.8 Å². The molecule has 2 amide bonds. The summed E-state index contributed by atoms with van der Waals surface area (Å²) in [5, 5.41) is 7.55. The Labute approximate surface area is 203 Å². The first kappa shape index (κ1) is 27.5. The molecular weight excluding hydrogens is 431 g/mol. The fraction of sp³-hybridized carbons (Fsp3) is 0.593. The summed E-state index contributed by atoms with van der Waals surface area (Å²) in [7, 11) is 0. The van der Waals surface area contributed by atoms with Crippen molar-refractivity contribution in [2.45, 2.75) is 91.4 Å². The second-order valence-corrected chi connectivity index (χ2v) is 9.88. The summed E-state index contributed by atoms with van der Waals surface area (Å²) in [5.41, 5.74) is 1.22. The van der Waals surface area contributed by atoms with Crippen LogP contribution in [-0.2, 0) is 15.0 Å². The van der Waals surface area contributed by atoms with Crippen molar-refractivity contribution in [2.24, 2.45) is 0 Å². The molecule has 2 rings (SSSR count). The highest BCUT2D eigenvalue weighted by atomic mass is 19.1. The number of carbonyl (C=O) groups excluding carboxylic acids is 2. The fourth-order valence-electron chi connectivity index (χ4n) is 3.74. The number of rotatable bonds is 13. The van der Waals surface area contributed by atoms with Gasteiger partial charge in [-0.25, -0.2) is 9.07 Å². The van der Waals surface area contributed by atoms with Crippen molar-refractivity contribution in [3.63, 3.8) is 0 Å². The van der Waals surface area contributed by atoms with Crippen molar-refractivity contribution in [1.29, 1.82) is 0 Å². The van der Waals surface area contributed by atoms with Gasteiger partial charge in [-0.15, -0.1) is 0 Å². The molecule has 0 unspecified atom stereocenters. The molecule has 1 heterocycles. The van der Waals surface area contributed by atoms with E-state index < -0.39 is 0 Å². The molecule has 0 atom stereocenters. The first-order chi connectivity index (χ1) is 16.2. The average Bonchev–Trinajstić information content (AvgIpc) is 3.21. The zero-order valence-corrected chi connectivity index (χ0v) is 21.5. The molecule has 1 aromatic heterocycles. The second kappa shape index (κ2) is 13.3. The number of carbonyl (C=O) groups is 2. The minimum absolute atomic E-state index is 0.00799. The third-order valence-electron chi connectivity index (χ3n) is 5.88. The van der Waals surface area contributed by atoms with Crippen LogP contribution in [0.5, 0.6) is 0 Å². The number of benzene rings is 1. The fourth-order valence-corrected chi connectivity index (χ4v) is 3.74. The lowest BCUT2D eigenvalue weighted by Gasteiger charge is -2.20. The lowest BCUT2D eigenvalue weighted by atomic mass is 9.92. The minimum Gasteiger partial charge on any atom is -0.334 e. The van der Waals surface area contributed by atoms with Gasteiger partial charge in [0.25, 0.3) is 0 Å². The van der Waals surface area contributed by atoms with Gasteiger partial charge >= 0.3 is 0 Å². The molecule has 0 bridgehead atoms. The van der Waals surface area contributed by atoms with E-state index >= 15 is 0 Å². The van der Waals surface area contributed by atoms with E-state index in [9.17, 15) is 14.0 Å². The largest absolute Gasteiger partial charge is 0.334 e. The Hall–Kier alpha value is -2.70. The van der Waals surface area contributed by atoms with Crippen LogP contribution in [0.4, 0.5) is 10.2 Å². The van der Waals surface area contributed by atoms with Crippen molar-refractivity contribution >= 4 is 17.6 Å². The summed E-state index contributed by atoms with van der Waals surface area (Å²) in [6.45, 7) is 10.7. The summed E-state index contributed by atoms with van der Waals surface area (Å²) in [6, 6.07) is 7.79. The van der Waals surface area contributed by atoms with Crippen LogP contribution >= 0.6 is 0 Å². The van der Waals surface area contributed by atoms with E-state index in [1.165, 1.54) is 37.8 Å². The molecule has 0 fully saturated rings. The van der Waals surface area contributed by atoms with Crippen molar-refractivity contribution in [3.05, 3.63) is 41.8 Å². The Bertz CT molecular complexity index is 916. The molecule has 2 aromatic rings. The number of unbranched alkanes of at least 4 members (excludes halogenated alkanes) is 6. The Morgan fingerprint density at radius 2 is 1.62 bits per heavy atom. The standard InChI is InChI=1S/C27H41FN4O2/c1-6-8-9-10-11-12-13-14-26(34)31(7-2)20-25(33)29-24-19-23(27(3,4)5)30-32(24)22-17-15-21(28)16-18-22/h15-19H,6-14,20H2,1-5H3,(H,29,33). The van der Waals surface area contributed by atoms with Crippen LogP contribution in [0.3, 0.4) is 0 Å². The third-order valence-corrected chi connectivity index (χ3v) is 5.88.